The second kappa shape index (κ2) is 3.07. The van der Waals surface area contributed by atoms with Gasteiger partial charge in [-0.15, -0.1) is 0 Å². The average molecular weight is 192 g/mol. The summed E-state index contributed by atoms with van der Waals surface area (Å²) in [6, 6.07) is 6.12. The molecule has 0 heterocycles. The number of aliphatic hydroxyl groups excluding tert-OH is 2. The fourth-order valence-corrected chi connectivity index (χ4v) is 2.18. The molecule has 0 amide bonds. The van der Waals surface area contributed by atoms with Crippen molar-refractivity contribution in [1.82, 2.24) is 0 Å². The fourth-order valence-electron chi connectivity index (χ4n) is 2.18. The molecule has 0 bridgehead atoms. The van der Waals surface area contributed by atoms with Gasteiger partial charge in [0.05, 0.1) is 12.7 Å². The first-order valence-electron chi connectivity index (χ1n) is 4.95. The van der Waals surface area contributed by atoms with Crippen LogP contribution in [0.3, 0.4) is 0 Å². The largest absolute Gasteiger partial charge is 0.396 e. The Labute approximate surface area is 84.2 Å². The summed E-state index contributed by atoms with van der Waals surface area (Å²) in [6.07, 6.45) is 0.239. The Balaban J connectivity index is 2.46. The molecule has 0 radical (unpaired) electrons. The van der Waals surface area contributed by atoms with E-state index in [1.165, 1.54) is 5.56 Å². The van der Waals surface area contributed by atoms with Crippen molar-refractivity contribution in [3.63, 3.8) is 0 Å². The van der Waals surface area contributed by atoms with Crippen molar-refractivity contribution in [2.45, 2.75) is 26.4 Å². The van der Waals surface area contributed by atoms with Crippen LogP contribution in [0.4, 0.5) is 0 Å². The highest BCUT2D eigenvalue weighted by molar-refractivity contribution is 5.39. The predicted octanol–water partition coefficient (Wildman–Crippen LogP) is 1.58. The van der Waals surface area contributed by atoms with Gasteiger partial charge in [-0.05, 0) is 24.5 Å². The number of aryl methyl sites for hydroxylation is 1. The van der Waals surface area contributed by atoms with E-state index in [9.17, 15) is 10.2 Å². The van der Waals surface area contributed by atoms with Crippen LogP contribution in [0.5, 0.6) is 0 Å². The Morgan fingerprint density at radius 3 is 2.86 bits per heavy atom. The fraction of sp³-hybridized carbons (Fsp3) is 0.500. The van der Waals surface area contributed by atoms with Crippen LogP contribution in [0.15, 0.2) is 18.2 Å². The second-order valence-electron chi connectivity index (χ2n) is 4.59. The van der Waals surface area contributed by atoms with Crippen LogP contribution in [0, 0.1) is 12.3 Å². The SMILES string of the molecule is Cc1ccc2c(c1)[C@H](O)[C@@](C)(CO)C2. The predicted molar refractivity (Wildman–Crippen MR) is 55.0 cm³/mol. The van der Waals surface area contributed by atoms with Crippen molar-refractivity contribution in [3.05, 3.63) is 34.9 Å². The van der Waals surface area contributed by atoms with Crippen molar-refractivity contribution in [3.8, 4) is 0 Å². The van der Waals surface area contributed by atoms with Gasteiger partial charge in [0.2, 0.25) is 0 Å². The van der Waals surface area contributed by atoms with E-state index in [1.807, 2.05) is 19.9 Å². The highest BCUT2D eigenvalue weighted by Crippen LogP contribution is 2.45. The van der Waals surface area contributed by atoms with Crippen LogP contribution in [-0.2, 0) is 6.42 Å². The van der Waals surface area contributed by atoms with Crippen LogP contribution >= 0.6 is 0 Å². The van der Waals surface area contributed by atoms with Gasteiger partial charge in [0, 0.05) is 5.41 Å². The summed E-state index contributed by atoms with van der Waals surface area (Å²) >= 11 is 0. The first-order valence-corrected chi connectivity index (χ1v) is 4.95. The summed E-state index contributed by atoms with van der Waals surface area (Å²) in [5, 5.41) is 19.3. The lowest BCUT2D eigenvalue weighted by atomic mass is 9.86. The maximum Gasteiger partial charge on any atom is 0.0871 e. The zero-order valence-corrected chi connectivity index (χ0v) is 8.62. The molecule has 2 rings (SSSR count). The lowest BCUT2D eigenvalue weighted by molar-refractivity contribution is 0.00781. The molecule has 1 aliphatic carbocycles. The smallest absolute Gasteiger partial charge is 0.0871 e. The quantitative estimate of drug-likeness (QED) is 0.709. The van der Waals surface area contributed by atoms with Crippen molar-refractivity contribution in [1.29, 1.82) is 0 Å². The molecule has 0 unspecified atom stereocenters. The highest BCUT2D eigenvalue weighted by atomic mass is 16.3. The Bertz CT molecular complexity index is 359. The number of aliphatic hydroxyl groups is 2. The maximum atomic E-state index is 10.1. The van der Waals surface area contributed by atoms with E-state index < -0.39 is 11.5 Å². The van der Waals surface area contributed by atoms with Gasteiger partial charge in [-0.2, -0.15) is 0 Å². The van der Waals surface area contributed by atoms with E-state index in [1.54, 1.807) is 0 Å². The van der Waals surface area contributed by atoms with E-state index in [0.29, 0.717) is 0 Å². The van der Waals surface area contributed by atoms with E-state index in [-0.39, 0.29) is 6.61 Å². The minimum absolute atomic E-state index is 0.0297. The first kappa shape index (κ1) is 9.69. The molecule has 1 aliphatic rings. The molecular formula is C12H16O2. The molecule has 1 aromatic carbocycles. The molecule has 1 aromatic rings. The Kier molecular flexibility index (Phi) is 2.13. The zero-order valence-electron chi connectivity index (χ0n) is 8.62. The summed E-state index contributed by atoms with van der Waals surface area (Å²) < 4.78 is 0. The van der Waals surface area contributed by atoms with E-state index in [0.717, 1.165) is 17.5 Å². The Morgan fingerprint density at radius 1 is 1.50 bits per heavy atom. The van der Waals surface area contributed by atoms with Gasteiger partial charge < -0.3 is 10.2 Å². The maximum absolute atomic E-state index is 10.1. The standard InChI is InChI=1S/C12H16O2/c1-8-3-4-9-6-12(2,7-13)11(14)10(9)5-8/h3-5,11,13-14H,6-7H2,1-2H3/t11-,12+/m0/s1. The number of benzene rings is 1. The first-order chi connectivity index (χ1) is 6.57. The number of rotatable bonds is 1. The molecule has 0 saturated heterocycles. The molecule has 2 N–H and O–H groups in total. The number of hydrogen-bond acceptors (Lipinski definition) is 2. The Hall–Kier alpha value is -0.860. The van der Waals surface area contributed by atoms with Crippen molar-refractivity contribution < 1.29 is 10.2 Å². The lowest BCUT2D eigenvalue weighted by Gasteiger charge is -2.25. The molecular weight excluding hydrogens is 176 g/mol. The summed E-state index contributed by atoms with van der Waals surface area (Å²) in [4.78, 5) is 0. The second-order valence-corrected chi connectivity index (χ2v) is 4.59. The van der Waals surface area contributed by atoms with Crippen LogP contribution < -0.4 is 0 Å². The summed E-state index contributed by atoms with van der Waals surface area (Å²) in [5.74, 6) is 0. The lowest BCUT2D eigenvalue weighted by Crippen LogP contribution is -2.26. The van der Waals surface area contributed by atoms with Crippen molar-refractivity contribution in [2.75, 3.05) is 6.61 Å². The summed E-state index contributed by atoms with van der Waals surface area (Å²) in [5.41, 5.74) is 2.92. The van der Waals surface area contributed by atoms with Crippen molar-refractivity contribution in [2.24, 2.45) is 5.41 Å². The van der Waals surface area contributed by atoms with E-state index in [2.05, 4.69) is 12.1 Å². The molecule has 2 atom stereocenters. The van der Waals surface area contributed by atoms with Crippen LogP contribution in [0.1, 0.15) is 29.7 Å². The minimum atomic E-state index is -0.526. The van der Waals surface area contributed by atoms with Crippen LogP contribution in [0.25, 0.3) is 0 Å². The third-order valence-corrected chi connectivity index (χ3v) is 3.21. The van der Waals surface area contributed by atoms with Crippen molar-refractivity contribution >= 4 is 0 Å². The minimum Gasteiger partial charge on any atom is -0.396 e. The van der Waals surface area contributed by atoms with Gasteiger partial charge in [-0.25, -0.2) is 0 Å². The normalized spacial score (nSPS) is 30.4. The average Bonchev–Trinajstić information content (AvgIpc) is 2.42. The third-order valence-electron chi connectivity index (χ3n) is 3.21. The van der Waals surface area contributed by atoms with E-state index >= 15 is 0 Å². The molecule has 0 aromatic heterocycles. The Morgan fingerprint density at radius 2 is 2.21 bits per heavy atom. The summed E-state index contributed by atoms with van der Waals surface area (Å²) in [6.45, 7) is 3.97. The number of hydrogen-bond donors (Lipinski definition) is 2. The highest BCUT2D eigenvalue weighted by Gasteiger charge is 2.40. The van der Waals surface area contributed by atoms with Gasteiger partial charge in [-0.3, -0.25) is 0 Å². The van der Waals surface area contributed by atoms with Gasteiger partial charge in [0.25, 0.3) is 0 Å². The molecule has 2 nitrogen and oxygen atoms in total. The molecule has 0 fully saturated rings. The topological polar surface area (TPSA) is 40.5 Å². The van der Waals surface area contributed by atoms with Crippen LogP contribution in [-0.4, -0.2) is 16.8 Å². The molecule has 0 spiro atoms. The van der Waals surface area contributed by atoms with Crippen LogP contribution in [0.2, 0.25) is 0 Å². The molecule has 2 heteroatoms. The summed E-state index contributed by atoms with van der Waals surface area (Å²) in [7, 11) is 0. The monoisotopic (exact) mass is 192 g/mol. The van der Waals surface area contributed by atoms with Gasteiger partial charge in [0.1, 0.15) is 0 Å². The van der Waals surface area contributed by atoms with Gasteiger partial charge >= 0.3 is 0 Å². The van der Waals surface area contributed by atoms with E-state index in [4.69, 9.17) is 0 Å². The molecule has 76 valence electrons. The van der Waals surface area contributed by atoms with Gasteiger partial charge in [-0.1, -0.05) is 30.7 Å². The molecule has 0 saturated carbocycles. The molecule has 14 heavy (non-hydrogen) atoms. The third kappa shape index (κ3) is 1.26. The molecule has 0 aliphatic heterocycles. The number of fused-ring (bicyclic) bond motifs is 1. The van der Waals surface area contributed by atoms with Gasteiger partial charge in [0.15, 0.2) is 0 Å². The zero-order chi connectivity index (χ0) is 10.3.